The highest BCUT2D eigenvalue weighted by Gasteiger charge is 2.43. The first-order valence-electron chi connectivity index (χ1n) is 14.4. The summed E-state index contributed by atoms with van der Waals surface area (Å²) in [6, 6.07) is 8.86. The molecule has 0 N–H and O–H groups in total. The summed E-state index contributed by atoms with van der Waals surface area (Å²) in [5.74, 6) is 1.66. The summed E-state index contributed by atoms with van der Waals surface area (Å²) >= 11 is 0. The summed E-state index contributed by atoms with van der Waals surface area (Å²) in [4.78, 5) is 32.0. The van der Waals surface area contributed by atoms with Crippen LogP contribution in [0.15, 0.2) is 39.5 Å². The van der Waals surface area contributed by atoms with Crippen LogP contribution in [0.5, 0.6) is 11.5 Å². The van der Waals surface area contributed by atoms with E-state index in [0.717, 1.165) is 36.2 Å². The van der Waals surface area contributed by atoms with Gasteiger partial charge in [-0.05, 0) is 74.1 Å². The number of carbonyl (C=O) groups is 1. The fourth-order valence-electron chi connectivity index (χ4n) is 5.41. The third kappa shape index (κ3) is 5.60. The number of aryl methyl sites for hydroxylation is 2. The Morgan fingerprint density at radius 2 is 1.73 bits per heavy atom. The molecule has 5 rings (SSSR count). The molecular weight excluding hydrogens is 508 g/mol. The normalized spacial score (nSPS) is 17.6. The lowest BCUT2D eigenvalue weighted by atomic mass is 9.97. The molecule has 0 saturated carbocycles. The van der Waals surface area contributed by atoms with Crippen LogP contribution in [0.4, 0.5) is 0 Å². The Balaban J connectivity index is 1.58. The smallest absolute Gasteiger partial charge is 0.290 e. The van der Waals surface area contributed by atoms with E-state index < -0.39 is 6.04 Å². The van der Waals surface area contributed by atoms with Gasteiger partial charge in [0.25, 0.3) is 5.91 Å². The second-order valence-corrected chi connectivity index (χ2v) is 11.1. The van der Waals surface area contributed by atoms with Crippen molar-refractivity contribution in [3.8, 4) is 11.5 Å². The zero-order chi connectivity index (χ0) is 28.4. The van der Waals surface area contributed by atoms with Gasteiger partial charge in [0.05, 0.1) is 43.4 Å². The van der Waals surface area contributed by atoms with Gasteiger partial charge in [0, 0.05) is 26.2 Å². The molecule has 1 fully saturated rings. The van der Waals surface area contributed by atoms with E-state index in [1.807, 2.05) is 51.1 Å². The lowest BCUT2D eigenvalue weighted by Gasteiger charge is -2.31. The molecule has 2 aromatic carbocycles. The second-order valence-electron chi connectivity index (χ2n) is 11.1. The highest BCUT2D eigenvalue weighted by Crippen LogP contribution is 2.41. The quantitative estimate of drug-likeness (QED) is 0.348. The summed E-state index contributed by atoms with van der Waals surface area (Å²) in [7, 11) is 0. The standard InChI is InChI=1S/C32H40N2O6/c1-6-38-27-19-23(7-8-25(27)39-14-9-20(2)3)29-28-30(35)24-17-21(4)22(5)18-26(24)40-31(28)32(36)34(29)11-10-33-12-15-37-16-13-33/h7-8,17-20,29H,6,9-16H2,1-5H3. The largest absolute Gasteiger partial charge is 0.490 e. The Kier molecular flexibility index (Phi) is 8.47. The molecule has 2 aliphatic rings. The van der Waals surface area contributed by atoms with Crippen molar-refractivity contribution in [2.45, 2.75) is 47.1 Å². The minimum absolute atomic E-state index is 0.128. The molecule has 40 heavy (non-hydrogen) atoms. The maximum absolute atomic E-state index is 14.0. The Hall–Kier alpha value is -3.36. The number of fused-ring (bicyclic) bond motifs is 2. The van der Waals surface area contributed by atoms with E-state index in [1.54, 1.807) is 4.90 Å². The highest BCUT2D eigenvalue weighted by molar-refractivity contribution is 5.99. The number of ether oxygens (including phenoxy) is 3. The molecule has 1 atom stereocenters. The van der Waals surface area contributed by atoms with Gasteiger partial charge in [0.1, 0.15) is 5.58 Å². The zero-order valence-electron chi connectivity index (χ0n) is 24.2. The van der Waals surface area contributed by atoms with Gasteiger partial charge in [-0.15, -0.1) is 0 Å². The fraction of sp³-hybridized carbons (Fsp3) is 0.500. The molecule has 1 saturated heterocycles. The summed E-state index contributed by atoms with van der Waals surface area (Å²) in [6.45, 7) is 15.4. The molecule has 0 bridgehead atoms. The van der Waals surface area contributed by atoms with Crippen molar-refractivity contribution >= 4 is 16.9 Å². The van der Waals surface area contributed by atoms with E-state index in [-0.39, 0.29) is 17.1 Å². The van der Waals surface area contributed by atoms with Gasteiger partial charge < -0.3 is 23.5 Å². The number of rotatable bonds is 10. The third-order valence-electron chi connectivity index (χ3n) is 7.88. The van der Waals surface area contributed by atoms with Crippen LogP contribution in [0.1, 0.15) is 66.0 Å². The van der Waals surface area contributed by atoms with Gasteiger partial charge in [-0.1, -0.05) is 19.9 Å². The second kappa shape index (κ2) is 12.0. The summed E-state index contributed by atoms with van der Waals surface area (Å²) in [6.07, 6.45) is 0.931. The molecule has 0 aliphatic carbocycles. The summed E-state index contributed by atoms with van der Waals surface area (Å²) in [5, 5.41) is 0.494. The Bertz CT molecular complexity index is 1440. The van der Waals surface area contributed by atoms with Crippen molar-refractivity contribution in [1.82, 2.24) is 9.80 Å². The zero-order valence-corrected chi connectivity index (χ0v) is 24.2. The predicted octanol–water partition coefficient (Wildman–Crippen LogP) is 5.11. The van der Waals surface area contributed by atoms with Crippen LogP contribution < -0.4 is 14.9 Å². The average molecular weight is 549 g/mol. The molecule has 1 aromatic heterocycles. The van der Waals surface area contributed by atoms with Gasteiger partial charge in [-0.2, -0.15) is 0 Å². The Morgan fingerprint density at radius 1 is 0.975 bits per heavy atom. The van der Waals surface area contributed by atoms with Gasteiger partial charge in [0.15, 0.2) is 16.9 Å². The van der Waals surface area contributed by atoms with Crippen molar-refractivity contribution in [2.75, 3.05) is 52.6 Å². The summed E-state index contributed by atoms with van der Waals surface area (Å²) < 4.78 is 23.7. The fourth-order valence-corrected chi connectivity index (χ4v) is 5.41. The van der Waals surface area contributed by atoms with Crippen molar-refractivity contribution in [3.63, 3.8) is 0 Å². The van der Waals surface area contributed by atoms with E-state index >= 15 is 0 Å². The molecule has 1 unspecified atom stereocenters. The van der Waals surface area contributed by atoms with Gasteiger partial charge >= 0.3 is 0 Å². The minimum Gasteiger partial charge on any atom is -0.490 e. The molecule has 8 nitrogen and oxygen atoms in total. The van der Waals surface area contributed by atoms with E-state index in [4.69, 9.17) is 18.6 Å². The van der Waals surface area contributed by atoms with E-state index in [0.29, 0.717) is 73.5 Å². The van der Waals surface area contributed by atoms with Crippen molar-refractivity contribution in [2.24, 2.45) is 5.92 Å². The van der Waals surface area contributed by atoms with E-state index in [9.17, 15) is 9.59 Å². The summed E-state index contributed by atoms with van der Waals surface area (Å²) in [5.41, 5.74) is 3.48. The van der Waals surface area contributed by atoms with Crippen LogP contribution in [0.3, 0.4) is 0 Å². The Labute approximate surface area is 235 Å². The first kappa shape index (κ1) is 28.2. The number of amides is 1. The van der Waals surface area contributed by atoms with Crippen LogP contribution in [-0.4, -0.2) is 68.3 Å². The average Bonchev–Trinajstić information content (AvgIpc) is 3.21. The minimum atomic E-state index is -0.588. The lowest BCUT2D eigenvalue weighted by Crippen LogP contribution is -2.42. The number of hydrogen-bond acceptors (Lipinski definition) is 7. The Morgan fingerprint density at radius 3 is 2.45 bits per heavy atom. The molecule has 0 spiro atoms. The number of hydrogen-bond donors (Lipinski definition) is 0. The number of benzene rings is 2. The maximum atomic E-state index is 14.0. The van der Waals surface area contributed by atoms with Crippen LogP contribution in [-0.2, 0) is 4.74 Å². The van der Waals surface area contributed by atoms with Crippen LogP contribution in [0.2, 0.25) is 0 Å². The van der Waals surface area contributed by atoms with Crippen LogP contribution in [0.25, 0.3) is 11.0 Å². The van der Waals surface area contributed by atoms with Gasteiger partial charge in [-0.3, -0.25) is 14.5 Å². The monoisotopic (exact) mass is 548 g/mol. The lowest BCUT2D eigenvalue weighted by molar-refractivity contribution is 0.0314. The van der Waals surface area contributed by atoms with E-state index in [2.05, 4.69) is 18.7 Å². The predicted molar refractivity (Wildman–Crippen MR) is 155 cm³/mol. The molecule has 3 aromatic rings. The SMILES string of the molecule is CCOc1cc(C2c3c(oc4cc(C)c(C)cc4c3=O)C(=O)N2CCN2CCOCC2)ccc1OCCC(C)C. The maximum Gasteiger partial charge on any atom is 0.290 e. The first-order valence-corrected chi connectivity index (χ1v) is 14.4. The number of morpholine rings is 1. The molecule has 3 heterocycles. The molecular formula is C32H40N2O6. The molecule has 8 heteroatoms. The van der Waals surface area contributed by atoms with Crippen molar-refractivity contribution in [3.05, 3.63) is 68.6 Å². The molecule has 2 aliphatic heterocycles. The van der Waals surface area contributed by atoms with E-state index in [1.165, 1.54) is 0 Å². The topological polar surface area (TPSA) is 81.5 Å². The van der Waals surface area contributed by atoms with Gasteiger partial charge in [-0.25, -0.2) is 0 Å². The van der Waals surface area contributed by atoms with Crippen LogP contribution in [0, 0.1) is 19.8 Å². The van der Waals surface area contributed by atoms with Crippen molar-refractivity contribution < 1.29 is 23.4 Å². The van der Waals surface area contributed by atoms with Gasteiger partial charge in [0.2, 0.25) is 5.76 Å². The third-order valence-corrected chi connectivity index (χ3v) is 7.88. The van der Waals surface area contributed by atoms with Crippen molar-refractivity contribution in [1.29, 1.82) is 0 Å². The highest BCUT2D eigenvalue weighted by atomic mass is 16.5. The molecule has 0 radical (unpaired) electrons. The molecule has 1 amide bonds. The number of carbonyl (C=O) groups excluding carboxylic acids is 1. The number of nitrogens with zero attached hydrogens (tertiary/aromatic N) is 2. The van der Waals surface area contributed by atoms with Crippen LogP contribution >= 0.6 is 0 Å². The molecule has 214 valence electrons. The first-order chi connectivity index (χ1) is 19.3.